The van der Waals surface area contributed by atoms with Crippen LogP contribution in [0.3, 0.4) is 0 Å². The molecular formula is C29H58. The molecule has 1 unspecified atom stereocenters. The minimum absolute atomic E-state index is 0.960. The van der Waals surface area contributed by atoms with Gasteiger partial charge in [-0.25, -0.2) is 0 Å². The van der Waals surface area contributed by atoms with Crippen LogP contribution in [-0.2, 0) is 0 Å². The zero-order valence-electron chi connectivity index (χ0n) is 21.0. The van der Waals surface area contributed by atoms with Crippen LogP contribution in [0.1, 0.15) is 168 Å². The Morgan fingerprint density at radius 3 is 1.17 bits per heavy atom. The highest BCUT2D eigenvalue weighted by molar-refractivity contribution is 4.81. The minimum atomic E-state index is 0.960. The fraction of sp³-hybridized carbons (Fsp3) is 0.931. The van der Waals surface area contributed by atoms with Gasteiger partial charge in [0, 0.05) is 0 Å². The number of hydrogen-bond donors (Lipinski definition) is 0. The summed E-state index contributed by atoms with van der Waals surface area (Å²) in [6, 6.07) is 0. The molecule has 0 saturated carbocycles. The van der Waals surface area contributed by atoms with Gasteiger partial charge in [-0.05, 0) is 31.6 Å². The van der Waals surface area contributed by atoms with Crippen molar-refractivity contribution in [3.05, 3.63) is 12.2 Å². The summed E-state index contributed by atoms with van der Waals surface area (Å²) < 4.78 is 0. The maximum atomic E-state index is 2.46. The van der Waals surface area contributed by atoms with Crippen molar-refractivity contribution in [3.8, 4) is 0 Å². The lowest BCUT2D eigenvalue weighted by Crippen LogP contribution is -1.94. The fourth-order valence-corrected chi connectivity index (χ4v) is 4.33. The van der Waals surface area contributed by atoms with Crippen molar-refractivity contribution in [1.82, 2.24) is 0 Å². The van der Waals surface area contributed by atoms with Crippen LogP contribution in [0.4, 0.5) is 0 Å². The SMILES string of the molecule is CCCCCCCCCCCCC=CCCCCCCCCC(C)CCCCC. The Kier molecular flexibility index (Phi) is 25.5. The van der Waals surface area contributed by atoms with E-state index in [0.717, 1.165) is 5.92 Å². The second kappa shape index (κ2) is 25.8. The third-order valence-electron chi connectivity index (χ3n) is 6.51. The molecule has 0 bridgehead atoms. The molecule has 29 heavy (non-hydrogen) atoms. The molecule has 0 rings (SSSR count). The van der Waals surface area contributed by atoms with Crippen LogP contribution in [-0.4, -0.2) is 0 Å². The van der Waals surface area contributed by atoms with Crippen molar-refractivity contribution in [2.75, 3.05) is 0 Å². The van der Waals surface area contributed by atoms with Crippen molar-refractivity contribution in [3.63, 3.8) is 0 Å². The summed E-state index contributed by atoms with van der Waals surface area (Å²) in [4.78, 5) is 0. The summed E-state index contributed by atoms with van der Waals surface area (Å²) in [5, 5.41) is 0. The normalized spacial score (nSPS) is 12.8. The molecule has 0 amide bonds. The monoisotopic (exact) mass is 406 g/mol. The first-order chi connectivity index (χ1) is 14.3. The standard InChI is InChI=1S/C29H58/c1-4-6-8-9-10-11-12-13-14-15-16-17-18-19-20-21-22-23-24-26-28-29(3)27-25-7-5-2/h17-18,29H,4-16,19-28H2,1-3H3. The number of allylic oxidation sites excluding steroid dienone is 2. The molecule has 1 atom stereocenters. The van der Waals surface area contributed by atoms with E-state index < -0.39 is 0 Å². The summed E-state index contributed by atoms with van der Waals surface area (Å²) >= 11 is 0. The van der Waals surface area contributed by atoms with Gasteiger partial charge in [-0.2, -0.15) is 0 Å². The van der Waals surface area contributed by atoms with Gasteiger partial charge in [-0.15, -0.1) is 0 Å². The number of hydrogen-bond acceptors (Lipinski definition) is 0. The van der Waals surface area contributed by atoms with Gasteiger partial charge in [0.05, 0.1) is 0 Å². The second-order valence-corrected chi connectivity index (χ2v) is 9.74. The predicted molar refractivity (Wildman–Crippen MR) is 136 cm³/mol. The quantitative estimate of drug-likeness (QED) is 0.110. The minimum Gasteiger partial charge on any atom is -0.0885 e. The van der Waals surface area contributed by atoms with Crippen LogP contribution in [0.25, 0.3) is 0 Å². The zero-order chi connectivity index (χ0) is 21.3. The van der Waals surface area contributed by atoms with E-state index in [-0.39, 0.29) is 0 Å². The first-order valence-electron chi connectivity index (χ1n) is 14.0. The second-order valence-electron chi connectivity index (χ2n) is 9.74. The first kappa shape index (κ1) is 28.7. The Morgan fingerprint density at radius 2 is 0.724 bits per heavy atom. The van der Waals surface area contributed by atoms with E-state index >= 15 is 0 Å². The molecule has 0 aliphatic carbocycles. The lowest BCUT2D eigenvalue weighted by Gasteiger charge is -2.10. The van der Waals surface area contributed by atoms with E-state index in [1.807, 2.05) is 0 Å². The molecule has 0 aromatic rings. The van der Waals surface area contributed by atoms with Crippen LogP contribution >= 0.6 is 0 Å². The Hall–Kier alpha value is -0.260. The smallest absolute Gasteiger partial charge is 0.0351 e. The van der Waals surface area contributed by atoms with E-state index in [4.69, 9.17) is 0 Å². The molecular weight excluding hydrogens is 348 g/mol. The average molecular weight is 407 g/mol. The molecule has 0 heteroatoms. The first-order valence-corrected chi connectivity index (χ1v) is 14.0. The molecule has 0 aromatic carbocycles. The molecule has 0 radical (unpaired) electrons. The van der Waals surface area contributed by atoms with E-state index in [1.54, 1.807) is 0 Å². The van der Waals surface area contributed by atoms with Crippen LogP contribution in [0, 0.1) is 5.92 Å². The molecule has 0 spiro atoms. The summed E-state index contributed by atoms with van der Waals surface area (Å²) in [7, 11) is 0. The molecule has 0 N–H and O–H groups in total. The van der Waals surface area contributed by atoms with E-state index in [2.05, 4.69) is 32.9 Å². The zero-order valence-corrected chi connectivity index (χ0v) is 21.0. The molecule has 0 aromatic heterocycles. The summed E-state index contributed by atoms with van der Waals surface area (Å²) in [5.74, 6) is 0.960. The number of rotatable bonds is 24. The van der Waals surface area contributed by atoms with Gasteiger partial charge in [0.15, 0.2) is 0 Å². The van der Waals surface area contributed by atoms with Crippen molar-refractivity contribution in [1.29, 1.82) is 0 Å². The molecule has 0 heterocycles. The summed E-state index contributed by atoms with van der Waals surface area (Å²) in [5.41, 5.74) is 0. The Balaban J connectivity index is 3.14. The molecule has 0 saturated heterocycles. The van der Waals surface area contributed by atoms with Crippen LogP contribution < -0.4 is 0 Å². The highest BCUT2D eigenvalue weighted by Gasteiger charge is 2.01. The maximum Gasteiger partial charge on any atom is -0.0351 e. The van der Waals surface area contributed by atoms with Gasteiger partial charge < -0.3 is 0 Å². The van der Waals surface area contributed by atoms with E-state index in [0.29, 0.717) is 0 Å². The van der Waals surface area contributed by atoms with Gasteiger partial charge >= 0.3 is 0 Å². The number of unbranched alkanes of at least 4 members (excludes halogenated alkanes) is 18. The molecule has 0 nitrogen and oxygen atoms in total. The van der Waals surface area contributed by atoms with E-state index in [1.165, 1.54) is 148 Å². The molecule has 0 aliphatic rings. The van der Waals surface area contributed by atoms with Gasteiger partial charge in [0.1, 0.15) is 0 Å². The van der Waals surface area contributed by atoms with Crippen molar-refractivity contribution in [2.24, 2.45) is 5.92 Å². The molecule has 0 aliphatic heterocycles. The topological polar surface area (TPSA) is 0 Å². The van der Waals surface area contributed by atoms with Crippen molar-refractivity contribution in [2.45, 2.75) is 168 Å². The van der Waals surface area contributed by atoms with Gasteiger partial charge in [-0.1, -0.05) is 155 Å². The van der Waals surface area contributed by atoms with Crippen LogP contribution in [0.2, 0.25) is 0 Å². The third-order valence-corrected chi connectivity index (χ3v) is 6.51. The van der Waals surface area contributed by atoms with Gasteiger partial charge in [0.25, 0.3) is 0 Å². The highest BCUT2D eigenvalue weighted by atomic mass is 14.1. The Labute approximate surface area is 186 Å². The third kappa shape index (κ3) is 25.7. The Morgan fingerprint density at radius 1 is 0.414 bits per heavy atom. The van der Waals surface area contributed by atoms with Crippen molar-refractivity contribution >= 4 is 0 Å². The summed E-state index contributed by atoms with van der Waals surface area (Å²) in [6.45, 7) is 7.06. The van der Waals surface area contributed by atoms with Crippen LogP contribution in [0.5, 0.6) is 0 Å². The van der Waals surface area contributed by atoms with Gasteiger partial charge in [-0.3, -0.25) is 0 Å². The van der Waals surface area contributed by atoms with E-state index in [9.17, 15) is 0 Å². The predicted octanol–water partition coefficient (Wildman–Crippen LogP) is 11.2. The lowest BCUT2D eigenvalue weighted by atomic mass is 9.96. The largest absolute Gasteiger partial charge is 0.0885 e. The average Bonchev–Trinajstić information content (AvgIpc) is 2.72. The highest BCUT2D eigenvalue weighted by Crippen LogP contribution is 2.18. The molecule has 0 fully saturated rings. The van der Waals surface area contributed by atoms with Gasteiger partial charge in [0.2, 0.25) is 0 Å². The maximum absolute atomic E-state index is 2.46. The Bertz CT molecular complexity index is 303. The van der Waals surface area contributed by atoms with Crippen LogP contribution in [0.15, 0.2) is 12.2 Å². The lowest BCUT2D eigenvalue weighted by molar-refractivity contribution is 0.436. The fourth-order valence-electron chi connectivity index (χ4n) is 4.33. The van der Waals surface area contributed by atoms with Crippen molar-refractivity contribution < 1.29 is 0 Å². The summed E-state index contributed by atoms with van der Waals surface area (Å²) in [6.07, 6.45) is 37.8. The molecule has 174 valence electrons.